The van der Waals surface area contributed by atoms with E-state index in [4.69, 9.17) is 11.6 Å². The van der Waals surface area contributed by atoms with Crippen LogP contribution in [0.2, 0.25) is 5.02 Å². The number of carbonyl (C=O) groups excluding carboxylic acids is 1. The predicted octanol–water partition coefficient (Wildman–Crippen LogP) is 1.99. The van der Waals surface area contributed by atoms with E-state index in [0.29, 0.717) is 22.6 Å². The van der Waals surface area contributed by atoms with Crippen molar-refractivity contribution in [2.45, 2.75) is 18.8 Å². The summed E-state index contributed by atoms with van der Waals surface area (Å²) in [4.78, 5) is 20.3. The zero-order valence-corrected chi connectivity index (χ0v) is 11.1. The number of rotatable bonds is 3. The van der Waals surface area contributed by atoms with Gasteiger partial charge in [-0.15, -0.1) is 0 Å². The van der Waals surface area contributed by atoms with Crippen LogP contribution in [-0.2, 0) is 7.05 Å². The Labute approximate surface area is 114 Å². The summed E-state index contributed by atoms with van der Waals surface area (Å²) >= 11 is 5.94. The van der Waals surface area contributed by atoms with Crippen molar-refractivity contribution in [2.75, 3.05) is 5.32 Å². The molecular formula is C12H12ClN5O. The number of anilines is 1. The van der Waals surface area contributed by atoms with Crippen molar-refractivity contribution in [2.24, 2.45) is 7.05 Å². The predicted molar refractivity (Wildman–Crippen MR) is 70.2 cm³/mol. The topological polar surface area (TPSA) is 72.7 Å². The first-order chi connectivity index (χ1) is 9.15. The molecule has 0 aliphatic heterocycles. The summed E-state index contributed by atoms with van der Waals surface area (Å²) in [6.45, 7) is 0. The number of aryl methyl sites for hydroxylation is 1. The van der Waals surface area contributed by atoms with Crippen molar-refractivity contribution in [1.82, 2.24) is 19.7 Å². The number of hydrogen-bond acceptors (Lipinski definition) is 4. The molecule has 7 heteroatoms. The summed E-state index contributed by atoms with van der Waals surface area (Å²) in [5, 5.41) is 7.14. The molecular weight excluding hydrogens is 266 g/mol. The lowest BCUT2D eigenvalue weighted by atomic mass is 10.1. The summed E-state index contributed by atoms with van der Waals surface area (Å²) in [5.74, 6) is 0.504. The number of hydrogen-bond donors (Lipinski definition) is 1. The highest BCUT2D eigenvalue weighted by atomic mass is 35.5. The van der Waals surface area contributed by atoms with Crippen molar-refractivity contribution in [3.05, 3.63) is 34.9 Å². The lowest BCUT2D eigenvalue weighted by Gasteiger charge is -2.08. The lowest BCUT2D eigenvalue weighted by molar-refractivity contribution is 0.102. The molecule has 0 saturated heterocycles. The minimum atomic E-state index is -0.283. The van der Waals surface area contributed by atoms with E-state index in [-0.39, 0.29) is 5.91 Å². The molecule has 1 saturated carbocycles. The van der Waals surface area contributed by atoms with Gasteiger partial charge in [-0.2, -0.15) is 10.1 Å². The van der Waals surface area contributed by atoms with Crippen molar-refractivity contribution < 1.29 is 4.79 Å². The smallest absolute Gasteiger partial charge is 0.276 e. The van der Waals surface area contributed by atoms with E-state index in [1.165, 1.54) is 17.2 Å². The van der Waals surface area contributed by atoms with Crippen LogP contribution < -0.4 is 5.32 Å². The summed E-state index contributed by atoms with van der Waals surface area (Å²) < 4.78 is 1.49. The minimum Gasteiger partial charge on any atom is -0.289 e. The third-order valence-corrected chi connectivity index (χ3v) is 3.26. The Morgan fingerprint density at radius 1 is 1.47 bits per heavy atom. The molecule has 0 radical (unpaired) electrons. The third kappa shape index (κ3) is 2.44. The molecule has 1 aliphatic rings. The Kier molecular flexibility index (Phi) is 2.94. The zero-order chi connectivity index (χ0) is 13.4. The van der Waals surface area contributed by atoms with Crippen molar-refractivity contribution in [3.63, 3.8) is 0 Å². The van der Waals surface area contributed by atoms with Crippen LogP contribution in [0.1, 0.15) is 34.8 Å². The van der Waals surface area contributed by atoms with Crippen LogP contribution in [0.3, 0.4) is 0 Å². The molecule has 1 amide bonds. The zero-order valence-electron chi connectivity index (χ0n) is 10.3. The quantitative estimate of drug-likeness (QED) is 0.931. The van der Waals surface area contributed by atoms with Crippen LogP contribution in [-0.4, -0.2) is 25.7 Å². The molecule has 1 N–H and O–H groups in total. The van der Waals surface area contributed by atoms with E-state index in [2.05, 4.69) is 20.4 Å². The van der Waals surface area contributed by atoms with Crippen molar-refractivity contribution in [1.29, 1.82) is 0 Å². The van der Waals surface area contributed by atoms with Crippen LogP contribution >= 0.6 is 11.6 Å². The Balaban J connectivity index is 1.89. The maximum absolute atomic E-state index is 12.2. The highest BCUT2D eigenvalue weighted by Crippen LogP contribution is 2.42. The third-order valence-electron chi connectivity index (χ3n) is 3.05. The number of nitrogens with one attached hydrogen (secondary N) is 1. The van der Waals surface area contributed by atoms with Crippen LogP contribution in [0, 0.1) is 0 Å². The number of halogens is 1. The molecule has 3 rings (SSSR count). The van der Waals surface area contributed by atoms with Gasteiger partial charge in [0.2, 0.25) is 5.95 Å². The first-order valence-corrected chi connectivity index (χ1v) is 6.33. The van der Waals surface area contributed by atoms with E-state index < -0.39 is 0 Å². The van der Waals surface area contributed by atoms with Gasteiger partial charge in [0, 0.05) is 13.2 Å². The molecule has 2 aromatic heterocycles. The van der Waals surface area contributed by atoms with Gasteiger partial charge in [0.15, 0.2) is 0 Å². The largest absolute Gasteiger partial charge is 0.289 e. The molecule has 98 valence electrons. The summed E-state index contributed by atoms with van der Waals surface area (Å²) in [6, 6.07) is 1.82. The number of amides is 1. The number of carbonyl (C=O) groups is 1. The van der Waals surface area contributed by atoms with E-state index in [9.17, 15) is 4.79 Å². The average molecular weight is 278 g/mol. The molecule has 0 unspecified atom stereocenters. The second-order valence-corrected chi connectivity index (χ2v) is 4.96. The fourth-order valence-corrected chi connectivity index (χ4v) is 2.09. The van der Waals surface area contributed by atoms with Gasteiger partial charge in [0.1, 0.15) is 12.0 Å². The maximum Gasteiger partial charge on any atom is 0.276 e. The SMILES string of the molecule is Cn1ncnc1NC(=O)c1ncc(Cl)cc1C1CC1. The van der Waals surface area contributed by atoms with Gasteiger partial charge >= 0.3 is 0 Å². The van der Waals surface area contributed by atoms with Crippen LogP contribution in [0.25, 0.3) is 0 Å². The van der Waals surface area contributed by atoms with Crippen molar-refractivity contribution >= 4 is 23.5 Å². The summed E-state index contributed by atoms with van der Waals surface area (Å²) in [7, 11) is 1.71. The second-order valence-electron chi connectivity index (χ2n) is 4.53. The average Bonchev–Trinajstić information content (AvgIpc) is 3.15. The standard InChI is InChI=1S/C12H12ClN5O/c1-18-12(15-6-16-18)17-11(19)10-9(7-2-3-7)4-8(13)5-14-10/h4-7H,2-3H2,1H3,(H,15,16,17,19). The van der Waals surface area contributed by atoms with Gasteiger partial charge in [0.05, 0.1) is 5.02 Å². The molecule has 1 aliphatic carbocycles. The maximum atomic E-state index is 12.2. The number of aromatic nitrogens is 4. The monoisotopic (exact) mass is 277 g/mol. The van der Waals surface area contributed by atoms with Gasteiger partial charge in [0.25, 0.3) is 5.91 Å². The van der Waals surface area contributed by atoms with Crippen LogP contribution in [0.4, 0.5) is 5.95 Å². The molecule has 2 heterocycles. The second kappa shape index (κ2) is 4.62. The number of nitrogens with zero attached hydrogens (tertiary/aromatic N) is 4. The first kappa shape index (κ1) is 12.1. The fraction of sp³-hybridized carbons (Fsp3) is 0.333. The molecule has 0 spiro atoms. The number of pyridine rings is 1. The Morgan fingerprint density at radius 2 is 2.26 bits per heavy atom. The normalized spacial score (nSPS) is 14.4. The molecule has 1 fully saturated rings. The van der Waals surface area contributed by atoms with Crippen LogP contribution in [0.5, 0.6) is 0 Å². The molecule has 0 atom stereocenters. The van der Waals surface area contributed by atoms with Gasteiger partial charge in [-0.25, -0.2) is 9.67 Å². The Hall–Kier alpha value is -1.95. The highest BCUT2D eigenvalue weighted by molar-refractivity contribution is 6.30. The van der Waals surface area contributed by atoms with E-state index >= 15 is 0 Å². The van der Waals surface area contributed by atoms with Gasteiger partial charge in [-0.05, 0) is 30.4 Å². The molecule has 19 heavy (non-hydrogen) atoms. The van der Waals surface area contributed by atoms with E-state index in [1.54, 1.807) is 7.05 Å². The van der Waals surface area contributed by atoms with Crippen LogP contribution in [0.15, 0.2) is 18.6 Å². The molecule has 6 nitrogen and oxygen atoms in total. The fourth-order valence-electron chi connectivity index (χ4n) is 1.92. The van der Waals surface area contributed by atoms with Crippen molar-refractivity contribution in [3.8, 4) is 0 Å². The summed E-state index contributed by atoms with van der Waals surface area (Å²) in [5.41, 5.74) is 1.32. The molecule has 2 aromatic rings. The Bertz CT molecular complexity index is 635. The molecule has 0 bridgehead atoms. The molecule has 0 aromatic carbocycles. The van der Waals surface area contributed by atoms with Gasteiger partial charge < -0.3 is 0 Å². The Morgan fingerprint density at radius 3 is 2.89 bits per heavy atom. The van der Waals surface area contributed by atoms with E-state index in [1.807, 2.05) is 6.07 Å². The van der Waals surface area contributed by atoms with Gasteiger partial charge in [-0.3, -0.25) is 10.1 Å². The minimum absolute atomic E-state index is 0.283. The highest BCUT2D eigenvalue weighted by Gasteiger charge is 2.29. The summed E-state index contributed by atoms with van der Waals surface area (Å²) in [6.07, 6.45) is 5.02. The first-order valence-electron chi connectivity index (χ1n) is 5.96. The lowest BCUT2D eigenvalue weighted by Crippen LogP contribution is -2.18. The van der Waals surface area contributed by atoms with E-state index in [0.717, 1.165) is 18.4 Å². The van der Waals surface area contributed by atoms with Gasteiger partial charge in [-0.1, -0.05) is 11.6 Å².